The normalized spacial score (nSPS) is 16.8. The molecular weight excluding hydrogens is 304 g/mol. The van der Waals surface area contributed by atoms with Gasteiger partial charge in [-0.3, -0.25) is 4.79 Å². The highest BCUT2D eigenvalue weighted by Crippen LogP contribution is 2.21. The third-order valence-corrected chi connectivity index (χ3v) is 4.28. The standard InChI is InChI=1S/C18H22N4O2/c1-12-5-3-7-15(13(12)2)22-17-9-16(20-11-21-17)18(23)19-10-14-6-4-8-24-14/h3,5,7,9,11,14H,4,6,8,10H2,1-2H3,(H,19,23)(H,20,21,22). The van der Waals surface area contributed by atoms with Crippen LogP contribution in [-0.4, -0.2) is 35.1 Å². The fraction of sp³-hybridized carbons (Fsp3) is 0.389. The fourth-order valence-electron chi connectivity index (χ4n) is 2.68. The Morgan fingerprint density at radius 3 is 3.00 bits per heavy atom. The van der Waals surface area contributed by atoms with Gasteiger partial charge in [-0.15, -0.1) is 0 Å². The summed E-state index contributed by atoms with van der Waals surface area (Å²) in [7, 11) is 0. The molecule has 0 bridgehead atoms. The van der Waals surface area contributed by atoms with Crippen LogP contribution in [0.3, 0.4) is 0 Å². The molecule has 6 nitrogen and oxygen atoms in total. The Kier molecular flexibility index (Phi) is 5.05. The van der Waals surface area contributed by atoms with Crippen molar-refractivity contribution in [2.24, 2.45) is 0 Å². The quantitative estimate of drug-likeness (QED) is 0.883. The van der Waals surface area contributed by atoms with Crippen LogP contribution < -0.4 is 10.6 Å². The first kappa shape index (κ1) is 16.4. The Bertz CT molecular complexity index is 727. The zero-order chi connectivity index (χ0) is 16.9. The Morgan fingerprint density at radius 1 is 1.33 bits per heavy atom. The lowest BCUT2D eigenvalue weighted by molar-refractivity contribution is 0.0853. The van der Waals surface area contributed by atoms with E-state index in [0.29, 0.717) is 18.1 Å². The van der Waals surface area contributed by atoms with Crippen molar-refractivity contribution in [3.63, 3.8) is 0 Å². The molecule has 1 fully saturated rings. The highest BCUT2D eigenvalue weighted by Gasteiger charge is 2.17. The van der Waals surface area contributed by atoms with Crippen molar-refractivity contribution in [3.8, 4) is 0 Å². The Balaban J connectivity index is 1.67. The smallest absolute Gasteiger partial charge is 0.270 e. The zero-order valence-electron chi connectivity index (χ0n) is 14.0. The molecule has 0 spiro atoms. The Hall–Kier alpha value is -2.47. The number of aryl methyl sites for hydroxylation is 1. The highest BCUT2D eigenvalue weighted by molar-refractivity contribution is 5.93. The predicted molar refractivity (Wildman–Crippen MR) is 92.5 cm³/mol. The summed E-state index contributed by atoms with van der Waals surface area (Å²) < 4.78 is 5.51. The van der Waals surface area contributed by atoms with Crippen LogP contribution in [0.1, 0.15) is 34.5 Å². The topological polar surface area (TPSA) is 76.1 Å². The number of nitrogens with one attached hydrogen (secondary N) is 2. The number of rotatable bonds is 5. The predicted octanol–water partition coefficient (Wildman–Crippen LogP) is 2.75. The van der Waals surface area contributed by atoms with Crippen molar-refractivity contribution in [1.29, 1.82) is 0 Å². The summed E-state index contributed by atoms with van der Waals surface area (Å²) >= 11 is 0. The van der Waals surface area contributed by atoms with Gasteiger partial charge in [0.2, 0.25) is 0 Å². The molecule has 1 unspecified atom stereocenters. The molecule has 1 aromatic carbocycles. The van der Waals surface area contributed by atoms with Gasteiger partial charge in [0.25, 0.3) is 5.91 Å². The summed E-state index contributed by atoms with van der Waals surface area (Å²) in [6, 6.07) is 7.69. The van der Waals surface area contributed by atoms with Crippen LogP contribution in [-0.2, 0) is 4.74 Å². The van der Waals surface area contributed by atoms with E-state index in [1.165, 1.54) is 11.9 Å². The number of anilines is 2. The molecule has 1 aliphatic heterocycles. The second kappa shape index (κ2) is 7.40. The van der Waals surface area contributed by atoms with E-state index < -0.39 is 0 Å². The van der Waals surface area contributed by atoms with Crippen LogP contribution in [0, 0.1) is 13.8 Å². The maximum absolute atomic E-state index is 12.2. The Morgan fingerprint density at radius 2 is 2.21 bits per heavy atom. The number of amides is 1. The van der Waals surface area contributed by atoms with Gasteiger partial charge < -0.3 is 15.4 Å². The van der Waals surface area contributed by atoms with Crippen molar-refractivity contribution >= 4 is 17.4 Å². The summed E-state index contributed by atoms with van der Waals surface area (Å²) in [5.41, 5.74) is 3.67. The maximum atomic E-state index is 12.2. The lowest BCUT2D eigenvalue weighted by Gasteiger charge is -2.12. The molecule has 1 aromatic heterocycles. The summed E-state index contributed by atoms with van der Waals surface area (Å²) in [5, 5.41) is 6.12. The number of benzene rings is 1. The number of hydrogen-bond acceptors (Lipinski definition) is 5. The fourth-order valence-corrected chi connectivity index (χ4v) is 2.68. The van der Waals surface area contributed by atoms with Crippen molar-refractivity contribution < 1.29 is 9.53 Å². The van der Waals surface area contributed by atoms with Gasteiger partial charge >= 0.3 is 0 Å². The summed E-state index contributed by atoms with van der Waals surface area (Å²) in [4.78, 5) is 20.5. The number of carbonyl (C=O) groups is 1. The van der Waals surface area contributed by atoms with Crippen LogP contribution in [0.4, 0.5) is 11.5 Å². The Labute approximate surface area is 141 Å². The van der Waals surface area contributed by atoms with Gasteiger partial charge in [0.05, 0.1) is 6.10 Å². The molecule has 126 valence electrons. The number of nitrogens with zero attached hydrogens (tertiary/aromatic N) is 2. The first-order valence-corrected chi connectivity index (χ1v) is 8.18. The van der Waals surface area contributed by atoms with Crippen molar-refractivity contribution in [2.45, 2.75) is 32.8 Å². The van der Waals surface area contributed by atoms with E-state index in [1.807, 2.05) is 19.1 Å². The largest absolute Gasteiger partial charge is 0.376 e. The second-order valence-electron chi connectivity index (χ2n) is 6.01. The van der Waals surface area contributed by atoms with E-state index in [1.54, 1.807) is 6.07 Å². The molecule has 0 saturated carbocycles. The summed E-state index contributed by atoms with van der Waals surface area (Å²) in [6.45, 7) is 5.40. The molecule has 2 N–H and O–H groups in total. The minimum atomic E-state index is -0.211. The van der Waals surface area contributed by atoms with Crippen LogP contribution in [0.25, 0.3) is 0 Å². The molecule has 1 saturated heterocycles. The van der Waals surface area contributed by atoms with E-state index in [9.17, 15) is 4.79 Å². The third-order valence-electron chi connectivity index (χ3n) is 4.28. The highest BCUT2D eigenvalue weighted by atomic mass is 16.5. The first-order chi connectivity index (χ1) is 11.6. The molecule has 1 aliphatic rings. The van der Waals surface area contributed by atoms with Crippen LogP contribution >= 0.6 is 0 Å². The molecule has 3 rings (SSSR count). The summed E-state index contributed by atoms with van der Waals surface area (Å²) in [6.07, 6.45) is 3.55. The van der Waals surface area contributed by atoms with Crippen molar-refractivity contribution in [2.75, 3.05) is 18.5 Å². The van der Waals surface area contributed by atoms with E-state index in [0.717, 1.165) is 30.7 Å². The van der Waals surface area contributed by atoms with Gasteiger partial charge in [-0.1, -0.05) is 12.1 Å². The molecule has 24 heavy (non-hydrogen) atoms. The molecule has 1 atom stereocenters. The minimum absolute atomic E-state index is 0.114. The maximum Gasteiger partial charge on any atom is 0.270 e. The lowest BCUT2D eigenvalue weighted by Crippen LogP contribution is -2.32. The molecular formula is C18H22N4O2. The van der Waals surface area contributed by atoms with E-state index >= 15 is 0 Å². The van der Waals surface area contributed by atoms with Crippen LogP contribution in [0.2, 0.25) is 0 Å². The monoisotopic (exact) mass is 326 g/mol. The zero-order valence-corrected chi connectivity index (χ0v) is 14.0. The van der Waals surface area contributed by atoms with E-state index in [4.69, 9.17) is 4.74 Å². The molecule has 2 aromatic rings. The molecule has 1 amide bonds. The van der Waals surface area contributed by atoms with Gasteiger partial charge in [-0.25, -0.2) is 9.97 Å². The molecule has 2 heterocycles. The van der Waals surface area contributed by atoms with Gasteiger partial charge in [-0.2, -0.15) is 0 Å². The number of hydrogen-bond donors (Lipinski definition) is 2. The van der Waals surface area contributed by atoms with Crippen molar-refractivity contribution in [3.05, 3.63) is 47.4 Å². The van der Waals surface area contributed by atoms with E-state index in [-0.39, 0.29) is 12.0 Å². The van der Waals surface area contributed by atoms with E-state index in [2.05, 4.69) is 33.6 Å². The average Bonchev–Trinajstić information content (AvgIpc) is 3.11. The first-order valence-electron chi connectivity index (χ1n) is 8.18. The number of ether oxygens (including phenoxy) is 1. The van der Waals surface area contributed by atoms with Crippen LogP contribution in [0.5, 0.6) is 0 Å². The third kappa shape index (κ3) is 3.89. The molecule has 0 aliphatic carbocycles. The lowest BCUT2D eigenvalue weighted by atomic mass is 10.1. The average molecular weight is 326 g/mol. The van der Waals surface area contributed by atoms with Gasteiger partial charge in [0.15, 0.2) is 0 Å². The second-order valence-corrected chi connectivity index (χ2v) is 6.01. The number of carbonyl (C=O) groups excluding carboxylic acids is 1. The molecule has 6 heteroatoms. The van der Waals surface area contributed by atoms with Crippen molar-refractivity contribution in [1.82, 2.24) is 15.3 Å². The number of aromatic nitrogens is 2. The van der Waals surface area contributed by atoms with Gasteiger partial charge in [-0.05, 0) is 43.9 Å². The van der Waals surface area contributed by atoms with Gasteiger partial charge in [0.1, 0.15) is 17.8 Å². The van der Waals surface area contributed by atoms with Crippen LogP contribution in [0.15, 0.2) is 30.6 Å². The molecule has 0 radical (unpaired) electrons. The van der Waals surface area contributed by atoms with Gasteiger partial charge in [0, 0.05) is 24.9 Å². The summed E-state index contributed by atoms with van der Waals surface area (Å²) in [5.74, 6) is 0.387. The SMILES string of the molecule is Cc1cccc(Nc2cc(C(=O)NCC3CCCO3)ncn2)c1C. The minimum Gasteiger partial charge on any atom is -0.376 e.